The first-order valence-corrected chi connectivity index (χ1v) is 13.3. The minimum atomic E-state index is -1.10. The predicted octanol–water partition coefficient (Wildman–Crippen LogP) is 5.11. The van der Waals surface area contributed by atoms with Gasteiger partial charge in [0.1, 0.15) is 22.8 Å². The lowest BCUT2D eigenvalue weighted by molar-refractivity contribution is -0.129. The molecule has 10 nitrogen and oxygen atoms in total. The fourth-order valence-corrected chi connectivity index (χ4v) is 4.44. The van der Waals surface area contributed by atoms with Crippen molar-refractivity contribution in [3.63, 3.8) is 0 Å². The lowest BCUT2D eigenvalue weighted by Gasteiger charge is -2.37. The molecule has 0 radical (unpaired) electrons. The molecule has 1 aliphatic rings. The van der Waals surface area contributed by atoms with Crippen LogP contribution in [0, 0.1) is 11.3 Å². The maximum atomic E-state index is 13.4. The van der Waals surface area contributed by atoms with E-state index in [4.69, 9.17) is 9.47 Å². The molecule has 0 saturated heterocycles. The summed E-state index contributed by atoms with van der Waals surface area (Å²) in [5.74, 6) is -0.370. The molecule has 0 unspecified atom stereocenters. The summed E-state index contributed by atoms with van der Waals surface area (Å²) in [5, 5.41) is 19.5. The van der Waals surface area contributed by atoms with Crippen LogP contribution >= 0.6 is 0 Å². The molecule has 1 fully saturated rings. The van der Waals surface area contributed by atoms with Crippen LogP contribution in [0.3, 0.4) is 0 Å². The first-order chi connectivity index (χ1) is 18.2. The van der Waals surface area contributed by atoms with Gasteiger partial charge in [-0.2, -0.15) is 15.0 Å². The standard InChI is InChI=1S/C29H39N5O5/c1-27(2,3)38-25(36)33-29(14-8-7-9-15-29)24(35)32-23(17-30)16-20-10-12-21(13-11-20)22-18-31-34(19-22)26(37)39-28(4,5)6/h10-13,18-19,23H,7-9,14-16H2,1-6H3,(H,32,35)(H,33,36)/t23-/m0/s1. The molecule has 3 rings (SSSR count). The third-order valence-corrected chi connectivity index (χ3v) is 6.23. The number of nitrogens with one attached hydrogen (secondary N) is 2. The Morgan fingerprint density at radius 1 is 1.00 bits per heavy atom. The van der Waals surface area contributed by atoms with Crippen LogP contribution < -0.4 is 10.6 Å². The zero-order valence-electron chi connectivity index (χ0n) is 23.7. The van der Waals surface area contributed by atoms with Crippen molar-refractivity contribution in [2.75, 3.05) is 0 Å². The molecule has 1 saturated carbocycles. The van der Waals surface area contributed by atoms with Gasteiger partial charge in [-0.15, -0.1) is 0 Å². The number of ether oxygens (including phenoxy) is 2. The summed E-state index contributed by atoms with van der Waals surface area (Å²) < 4.78 is 11.9. The molecule has 0 aliphatic heterocycles. The summed E-state index contributed by atoms with van der Waals surface area (Å²) >= 11 is 0. The van der Waals surface area contributed by atoms with E-state index in [2.05, 4.69) is 21.8 Å². The Morgan fingerprint density at radius 2 is 1.62 bits per heavy atom. The topological polar surface area (TPSA) is 135 Å². The number of amides is 2. The summed E-state index contributed by atoms with van der Waals surface area (Å²) in [4.78, 5) is 38.1. The van der Waals surface area contributed by atoms with Crippen molar-refractivity contribution < 1.29 is 23.9 Å². The Kier molecular flexibility index (Phi) is 9.05. The van der Waals surface area contributed by atoms with Gasteiger partial charge in [-0.3, -0.25) is 4.79 Å². The van der Waals surface area contributed by atoms with Crippen LogP contribution in [0.5, 0.6) is 0 Å². The van der Waals surface area contributed by atoms with Crippen molar-refractivity contribution in [3.05, 3.63) is 42.2 Å². The monoisotopic (exact) mass is 537 g/mol. The van der Waals surface area contributed by atoms with E-state index < -0.39 is 35.0 Å². The SMILES string of the molecule is CC(C)(C)OC(=O)NC1(C(=O)N[C@H](C#N)Cc2ccc(-c3cnn(C(=O)OC(C)(C)C)c3)cc2)CCCCC1. The van der Waals surface area contributed by atoms with Gasteiger partial charge in [0.25, 0.3) is 0 Å². The molecule has 1 atom stereocenters. The van der Waals surface area contributed by atoms with Crippen molar-refractivity contribution in [2.45, 2.75) is 103 Å². The summed E-state index contributed by atoms with van der Waals surface area (Å²) in [6, 6.07) is 8.86. The van der Waals surface area contributed by atoms with E-state index in [1.165, 1.54) is 0 Å². The lowest BCUT2D eigenvalue weighted by Crippen LogP contribution is -2.61. The lowest BCUT2D eigenvalue weighted by atomic mass is 9.80. The average molecular weight is 538 g/mol. The second kappa shape index (κ2) is 11.9. The molecule has 1 heterocycles. The minimum Gasteiger partial charge on any atom is -0.444 e. The van der Waals surface area contributed by atoms with E-state index in [1.54, 1.807) is 53.9 Å². The summed E-state index contributed by atoms with van der Waals surface area (Å²) in [6.07, 6.45) is 5.83. The van der Waals surface area contributed by atoms with Gasteiger partial charge >= 0.3 is 12.2 Å². The van der Waals surface area contributed by atoms with E-state index in [0.717, 1.165) is 40.6 Å². The van der Waals surface area contributed by atoms with Crippen molar-refractivity contribution >= 4 is 18.1 Å². The van der Waals surface area contributed by atoms with Crippen LogP contribution in [0.4, 0.5) is 9.59 Å². The third kappa shape index (κ3) is 8.57. The highest BCUT2D eigenvalue weighted by Gasteiger charge is 2.42. The molecule has 1 aromatic heterocycles. The number of carbonyl (C=O) groups is 3. The van der Waals surface area contributed by atoms with Crippen LogP contribution in [0.15, 0.2) is 36.7 Å². The number of rotatable bonds is 6. The van der Waals surface area contributed by atoms with Gasteiger partial charge in [0.2, 0.25) is 5.91 Å². The Bertz CT molecular complexity index is 1210. The molecule has 1 aliphatic carbocycles. The van der Waals surface area contributed by atoms with Crippen LogP contribution in [0.25, 0.3) is 11.1 Å². The molecule has 10 heteroatoms. The molecule has 0 bridgehead atoms. The van der Waals surface area contributed by atoms with Gasteiger partial charge in [0.05, 0.1) is 12.3 Å². The third-order valence-electron chi connectivity index (χ3n) is 6.23. The molecule has 2 N–H and O–H groups in total. The number of aromatic nitrogens is 2. The van der Waals surface area contributed by atoms with Crippen molar-refractivity contribution in [2.24, 2.45) is 0 Å². The number of benzene rings is 1. The smallest absolute Gasteiger partial charge is 0.435 e. The Morgan fingerprint density at radius 3 is 2.18 bits per heavy atom. The van der Waals surface area contributed by atoms with Crippen LogP contribution in [0.1, 0.15) is 79.2 Å². The Hall–Kier alpha value is -3.87. The molecule has 2 amide bonds. The van der Waals surface area contributed by atoms with E-state index in [1.807, 2.05) is 24.3 Å². The normalized spacial score (nSPS) is 15.9. The van der Waals surface area contributed by atoms with Crippen molar-refractivity contribution in [3.8, 4) is 17.2 Å². The van der Waals surface area contributed by atoms with E-state index >= 15 is 0 Å². The van der Waals surface area contributed by atoms with Gasteiger partial charge in [0.15, 0.2) is 0 Å². The highest BCUT2D eigenvalue weighted by molar-refractivity contribution is 5.90. The molecule has 1 aromatic carbocycles. The highest BCUT2D eigenvalue weighted by atomic mass is 16.6. The van der Waals surface area contributed by atoms with Gasteiger partial charge in [-0.05, 0) is 65.5 Å². The van der Waals surface area contributed by atoms with Crippen molar-refractivity contribution in [1.82, 2.24) is 20.4 Å². The van der Waals surface area contributed by atoms with E-state index in [0.29, 0.717) is 19.3 Å². The largest absolute Gasteiger partial charge is 0.444 e. The maximum Gasteiger partial charge on any atom is 0.435 e. The van der Waals surface area contributed by atoms with Crippen LogP contribution in [0.2, 0.25) is 0 Å². The molecular weight excluding hydrogens is 498 g/mol. The number of nitrogens with zero attached hydrogens (tertiary/aromatic N) is 3. The van der Waals surface area contributed by atoms with E-state index in [9.17, 15) is 19.6 Å². The molecule has 2 aromatic rings. The number of hydrogen-bond donors (Lipinski definition) is 2. The summed E-state index contributed by atoms with van der Waals surface area (Å²) in [6.45, 7) is 10.7. The van der Waals surface area contributed by atoms with Crippen LogP contribution in [-0.2, 0) is 20.7 Å². The number of hydrogen-bond acceptors (Lipinski definition) is 7. The fourth-order valence-electron chi connectivity index (χ4n) is 4.44. The number of nitriles is 1. The van der Waals surface area contributed by atoms with Gasteiger partial charge < -0.3 is 20.1 Å². The first-order valence-electron chi connectivity index (χ1n) is 13.3. The fraction of sp³-hybridized carbons (Fsp3) is 0.552. The molecule has 39 heavy (non-hydrogen) atoms. The Balaban J connectivity index is 1.66. The zero-order valence-corrected chi connectivity index (χ0v) is 23.7. The van der Waals surface area contributed by atoms with Crippen LogP contribution in [-0.4, -0.2) is 50.7 Å². The second-order valence-electron chi connectivity index (χ2n) is 12.0. The summed E-state index contributed by atoms with van der Waals surface area (Å²) in [7, 11) is 0. The van der Waals surface area contributed by atoms with Gasteiger partial charge in [0, 0.05) is 18.2 Å². The average Bonchev–Trinajstić information content (AvgIpc) is 3.33. The predicted molar refractivity (Wildman–Crippen MR) is 146 cm³/mol. The molecule has 210 valence electrons. The minimum absolute atomic E-state index is 0.294. The van der Waals surface area contributed by atoms with Crippen molar-refractivity contribution in [1.29, 1.82) is 5.26 Å². The Labute approximate surface area is 230 Å². The molecular formula is C29H39N5O5. The maximum absolute atomic E-state index is 13.4. The van der Waals surface area contributed by atoms with E-state index in [-0.39, 0.29) is 5.91 Å². The number of carbonyl (C=O) groups excluding carboxylic acids is 3. The zero-order chi connectivity index (χ0) is 28.8. The summed E-state index contributed by atoms with van der Waals surface area (Å²) in [5.41, 5.74) is 0.0155. The van der Waals surface area contributed by atoms with Gasteiger partial charge in [-0.25, -0.2) is 9.59 Å². The highest BCUT2D eigenvalue weighted by Crippen LogP contribution is 2.29. The second-order valence-corrected chi connectivity index (χ2v) is 12.0. The van der Waals surface area contributed by atoms with Gasteiger partial charge in [-0.1, -0.05) is 43.5 Å². The number of alkyl carbamates (subject to hydrolysis) is 1. The quantitative estimate of drug-likeness (QED) is 0.522. The first kappa shape index (κ1) is 29.7. The molecule has 0 spiro atoms.